The van der Waals surface area contributed by atoms with Crippen LogP contribution in [0.3, 0.4) is 0 Å². The van der Waals surface area contributed by atoms with Crippen LogP contribution < -0.4 is 0 Å². The minimum atomic E-state index is -2.93. The lowest BCUT2D eigenvalue weighted by molar-refractivity contribution is -0.194. The van der Waals surface area contributed by atoms with Crippen molar-refractivity contribution in [3.05, 3.63) is 24.3 Å². The van der Waals surface area contributed by atoms with E-state index in [1.165, 1.54) is 141 Å². The number of Topliss-reactive ketones (excluding diaryl/α,β-unsaturated/α-hetero) is 3. The number of unbranched alkanes of at least 4 members (excludes halogenated alkanes) is 36. The lowest BCUT2D eigenvalue weighted by Gasteiger charge is -2.39. The zero-order chi connectivity index (χ0) is 46.4. The number of hydrogen-bond donors (Lipinski definition) is 3. The number of aliphatic hydroxyl groups is 3. The molecule has 0 aromatic carbocycles. The minimum Gasteiger partial charge on any atom is -0.393 e. The number of aliphatic hydroxyl groups excluding tert-OH is 1. The molecule has 370 valence electrons. The average molecular weight is 887 g/mol. The Morgan fingerprint density at radius 1 is 0.317 bits per heavy atom. The van der Waals surface area contributed by atoms with Gasteiger partial charge in [0.1, 0.15) is 0 Å². The monoisotopic (exact) mass is 887 g/mol. The van der Waals surface area contributed by atoms with Crippen molar-refractivity contribution in [3.8, 4) is 0 Å². The first-order valence-electron chi connectivity index (χ1n) is 27.7. The summed E-state index contributed by atoms with van der Waals surface area (Å²) in [4.78, 5) is 41.3. The molecule has 0 aromatic heterocycles. The van der Waals surface area contributed by atoms with Gasteiger partial charge in [0.2, 0.25) is 5.60 Å². The van der Waals surface area contributed by atoms with Crippen LogP contribution in [-0.4, -0.2) is 50.5 Å². The fraction of sp³-hybridized carbons (Fsp3) is 0.877. The minimum absolute atomic E-state index is 0.0928. The first kappa shape index (κ1) is 61.4. The summed E-state index contributed by atoms with van der Waals surface area (Å²) in [5.41, 5.74) is -5.77. The van der Waals surface area contributed by atoms with E-state index in [-0.39, 0.29) is 19.3 Å². The van der Waals surface area contributed by atoms with E-state index in [0.717, 1.165) is 103 Å². The number of ketones is 3. The summed E-state index contributed by atoms with van der Waals surface area (Å²) >= 11 is 0. The molecular weight excluding hydrogens is 781 g/mol. The largest absolute Gasteiger partial charge is 0.393 e. The van der Waals surface area contributed by atoms with E-state index in [2.05, 4.69) is 45.1 Å². The molecule has 0 saturated heterocycles. The Bertz CT molecular complexity index is 1100. The van der Waals surface area contributed by atoms with Crippen LogP contribution in [0.5, 0.6) is 0 Å². The molecule has 0 aliphatic carbocycles. The van der Waals surface area contributed by atoms with E-state index in [9.17, 15) is 29.7 Å². The van der Waals surface area contributed by atoms with Gasteiger partial charge in [-0.05, 0) is 70.6 Å². The molecule has 0 bridgehead atoms. The van der Waals surface area contributed by atoms with Crippen molar-refractivity contribution in [2.45, 2.75) is 314 Å². The van der Waals surface area contributed by atoms with Crippen LogP contribution in [0.25, 0.3) is 0 Å². The highest BCUT2D eigenvalue weighted by atomic mass is 16.4. The van der Waals surface area contributed by atoms with E-state index >= 15 is 0 Å². The summed E-state index contributed by atoms with van der Waals surface area (Å²) in [6.07, 6.45) is 55.3. The molecule has 0 amide bonds. The molecule has 0 spiro atoms. The van der Waals surface area contributed by atoms with Crippen LogP contribution >= 0.6 is 0 Å². The molecule has 2 unspecified atom stereocenters. The summed E-state index contributed by atoms with van der Waals surface area (Å²) in [5.74, 6) is -2.47. The van der Waals surface area contributed by atoms with Gasteiger partial charge >= 0.3 is 0 Å². The van der Waals surface area contributed by atoms with Crippen LogP contribution in [0.2, 0.25) is 0 Å². The zero-order valence-electron chi connectivity index (χ0n) is 42.2. The summed E-state index contributed by atoms with van der Waals surface area (Å²) in [5, 5.41) is 34.1. The van der Waals surface area contributed by atoms with Gasteiger partial charge in [0.15, 0.2) is 23.0 Å². The second-order valence-corrected chi connectivity index (χ2v) is 19.4. The maximum atomic E-state index is 13.8. The third kappa shape index (κ3) is 32.7. The van der Waals surface area contributed by atoms with Crippen LogP contribution in [0.15, 0.2) is 24.3 Å². The highest BCUT2D eigenvalue weighted by molar-refractivity contribution is 6.16. The van der Waals surface area contributed by atoms with E-state index < -0.39 is 35.2 Å². The lowest BCUT2D eigenvalue weighted by Crippen LogP contribution is -2.69. The SMILES string of the molecule is CCCCCCCCC=CCCCCCCCC(=O)C(O)(CO)C(O)(C(=O)CCCCCCCC=CCCCCCCCC)C(=O)CCCCCCCCCCCCCCCCC. The summed E-state index contributed by atoms with van der Waals surface area (Å²) in [6, 6.07) is 0. The fourth-order valence-corrected chi connectivity index (χ4v) is 8.96. The molecule has 0 rings (SSSR count). The van der Waals surface area contributed by atoms with Gasteiger partial charge in [-0.2, -0.15) is 0 Å². The summed E-state index contributed by atoms with van der Waals surface area (Å²) in [6.45, 7) is 5.59. The Kier molecular flexibility index (Phi) is 44.3. The predicted octanol–water partition coefficient (Wildman–Crippen LogP) is 16.5. The third-order valence-corrected chi connectivity index (χ3v) is 13.4. The average Bonchev–Trinajstić information content (AvgIpc) is 3.29. The Morgan fingerprint density at radius 2 is 0.524 bits per heavy atom. The van der Waals surface area contributed by atoms with Crippen LogP contribution in [0.4, 0.5) is 0 Å². The molecule has 63 heavy (non-hydrogen) atoms. The van der Waals surface area contributed by atoms with Crippen LogP contribution in [0, 0.1) is 0 Å². The Hall–Kier alpha value is -1.63. The molecule has 0 aliphatic heterocycles. The number of hydrogen-bond acceptors (Lipinski definition) is 6. The Morgan fingerprint density at radius 3 is 0.762 bits per heavy atom. The molecule has 6 nitrogen and oxygen atoms in total. The Labute approximate surface area is 391 Å². The highest BCUT2D eigenvalue weighted by Crippen LogP contribution is 2.32. The van der Waals surface area contributed by atoms with Crippen molar-refractivity contribution < 1.29 is 29.7 Å². The smallest absolute Gasteiger partial charge is 0.219 e. The molecule has 0 aliphatic rings. The predicted molar refractivity (Wildman–Crippen MR) is 270 cm³/mol. The Balaban J connectivity index is 4.94. The maximum Gasteiger partial charge on any atom is 0.219 e. The summed E-state index contributed by atoms with van der Waals surface area (Å²) in [7, 11) is 0. The maximum absolute atomic E-state index is 13.8. The van der Waals surface area contributed by atoms with Crippen molar-refractivity contribution in [2.24, 2.45) is 0 Å². The van der Waals surface area contributed by atoms with Crippen molar-refractivity contribution >= 4 is 17.3 Å². The van der Waals surface area contributed by atoms with E-state index in [4.69, 9.17) is 0 Å². The number of carbonyl (C=O) groups is 3. The van der Waals surface area contributed by atoms with Gasteiger partial charge in [-0.15, -0.1) is 0 Å². The number of carbonyl (C=O) groups excluding carboxylic acids is 3. The molecular formula is C57H106O6. The van der Waals surface area contributed by atoms with Gasteiger partial charge in [-0.3, -0.25) is 14.4 Å². The lowest BCUT2D eigenvalue weighted by atomic mass is 9.71. The van der Waals surface area contributed by atoms with Crippen LogP contribution in [0.1, 0.15) is 303 Å². The molecule has 0 heterocycles. The topological polar surface area (TPSA) is 112 Å². The van der Waals surface area contributed by atoms with Gasteiger partial charge in [0.25, 0.3) is 0 Å². The summed E-state index contributed by atoms with van der Waals surface area (Å²) < 4.78 is 0. The quantitative estimate of drug-likeness (QED) is 0.0319. The molecule has 2 atom stereocenters. The van der Waals surface area contributed by atoms with Crippen molar-refractivity contribution in [1.29, 1.82) is 0 Å². The van der Waals surface area contributed by atoms with Gasteiger partial charge < -0.3 is 15.3 Å². The van der Waals surface area contributed by atoms with Gasteiger partial charge in [-0.25, -0.2) is 0 Å². The third-order valence-electron chi connectivity index (χ3n) is 13.4. The van der Waals surface area contributed by atoms with E-state index in [1.54, 1.807) is 0 Å². The second-order valence-electron chi connectivity index (χ2n) is 19.4. The second kappa shape index (κ2) is 45.5. The standard InChI is InChI=1S/C57H106O6/c1-4-7-10-13-16-19-22-25-28-31-34-37-40-43-46-49-53(59)56(62,52-58)57(63,54(60)50-47-44-41-38-35-32-29-26-23-20-17-14-11-8-5-2)55(61)51-48-45-42-39-36-33-30-27-24-21-18-15-12-9-6-3/h25-26,28-29,58,62-63H,4-24,27,30-52H2,1-3H3. The van der Waals surface area contributed by atoms with Crippen molar-refractivity contribution in [1.82, 2.24) is 0 Å². The molecule has 0 aromatic rings. The van der Waals surface area contributed by atoms with Gasteiger partial charge in [0, 0.05) is 19.3 Å². The van der Waals surface area contributed by atoms with Crippen molar-refractivity contribution in [2.75, 3.05) is 6.61 Å². The number of allylic oxidation sites excluding steroid dienone is 4. The zero-order valence-corrected chi connectivity index (χ0v) is 42.2. The fourth-order valence-electron chi connectivity index (χ4n) is 8.96. The van der Waals surface area contributed by atoms with E-state index in [1.807, 2.05) is 0 Å². The molecule has 6 heteroatoms. The first-order chi connectivity index (χ1) is 30.8. The van der Waals surface area contributed by atoms with Gasteiger partial charge in [0.05, 0.1) is 6.61 Å². The molecule has 0 fully saturated rings. The van der Waals surface area contributed by atoms with E-state index in [0.29, 0.717) is 19.3 Å². The number of rotatable bonds is 51. The molecule has 0 radical (unpaired) electrons. The van der Waals surface area contributed by atoms with Crippen LogP contribution in [-0.2, 0) is 14.4 Å². The molecule has 3 N–H and O–H groups in total. The normalized spacial score (nSPS) is 13.9. The van der Waals surface area contributed by atoms with Gasteiger partial charge in [-0.1, -0.05) is 238 Å². The highest BCUT2D eigenvalue weighted by Gasteiger charge is 2.62. The van der Waals surface area contributed by atoms with Crippen molar-refractivity contribution in [3.63, 3.8) is 0 Å². The molecule has 0 saturated carbocycles. The first-order valence-corrected chi connectivity index (χ1v) is 27.7.